The van der Waals surface area contributed by atoms with Gasteiger partial charge in [-0.25, -0.2) is 9.97 Å². The molecule has 34 heavy (non-hydrogen) atoms. The molecule has 0 bridgehead atoms. The number of nitrogens with one attached hydrogen (secondary N) is 2. The summed E-state index contributed by atoms with van der Waals surface area (Å²) in [5.74, 6) is 1.51. The molecule has 8 nitrogen and oxygen atoms in total. The van der Waals surface area contributed by atoms with Gasteiger partial charge in [0.15, 0.2) is 5.65 Å². The number of hydrogen-bond acceptors (Lipinski definition) is 7. The van der Waals surface area contributed by atoms with Crippen molar-refractivity contribution in [2.24, 2.45) is 0 Å². The molecule has 9 heteroatoms. The maximum Gasteiger partial charge on any atom is 0.159 e. The molecule has 0 atom stereocenters. The number of pyridine rings is 1. The zero-order valence-electron chi connectivity index (χ0n) is 18.6. The summed E-state index contributed by atoms with van der Waals surface area (Å²) >= 11 is 6.45. The molecule has 0 saturated carbocycles. The number of morpholine rings is 1. The number of hydrogen-bond donors (Lipinski definition) is 3. The van der Waals surface area contributed by atoms with Crippen LogP contribution in [-0.2, 0) is 11.3 Å². The molecular weight excluding hydrogens is 454 g/mol. The van der Waals surface area contributed by atoms with E-state index in [1.165, 1.54) is 0 Å². The number of aromatic nitrogens is 3. The quantitative estimate of drug-likeness (QED) is 0.348. The maximum atomic E-state index is 9.41. The van der Waals surface area contributed by atoms with Crippen molar-refractivity contribution in [3.8, 4) is 17.1 Å². The maximum absolute atomic E-state index is 9.41. The Morgan fingerprint density at radius 3 is 2.76 bits per heavy atom. The van der Waals surface area contributed by atoms with Crippen LogP contribution in [0.1, 0.15) is 5.56 Å². The molecule has 1 aliphatic heterocycles. The second kappa shape index (κ2) is 10.4. The van der Waals surface area contributed by atoms with Gasteiger partial charge in [0.05, 0.1) is 36.7 Å². The Bertz CT molecular complexity index is 1260. The fourth-order valence-electron chi connectivity index (χ4n) is 3.90. The Hall–Kier alpha value is -3.17. The fourth-order valence-corrected chi connectivity index (χ4v) is 4.09. The van der Waals surface area contributed by atoms with Crippen molar-refractivity contribution in [3.63, 3.8) is 0 Å². The molecule has 3 heterocycles. The summed E-state index contributed by atoms with van der Waals surface area (Å²) < 4.78 is 11.3. The highest BCUT2D eigenvalue weighted by atomic mass is 35.5. The highest BCUT2D eigenvalue weighted by Crippen LogP contribution is 2.33. The minimum absolute atomic E-state index is 0.0332. The molecule has 0 unspecified atom stereocenters. The minimum atomic E-state index is -0.0332. The van der Waals surface area contributed by atoms with Gasteiger partial charge in [-0.1, -0.05) is 23.7 Å². The van der Waals surface area contributed by atoms with Crippen molar-refractivity contribution in [2.75, 3.05) is 44.8 Å². The first-order valence-corrected chi connectivity index (χ1v) is 11.6. The predicted molar refractivity (Wildman–Crippen MR) is 133 cm³/mol. The minimum Gasteiger partial charge on any atom is -0.492 e. The van der Waals surface area contributed by atoms with E-state index in [0.717, 1.165) is 55.4 Å². The van der Waals surface area contributed by atoms with Gasteiger partial charge in [0.25, 0.3) is 0 Å². The van der Waals surface area contributed by atoms with Gasteiger partial charge < -0.3 is 24.9 Å². The lowest BCUT2D eigenvalue weighted by Crippen LogP contribution is -2.38. The van der Waals surface area contributed by atoms with Crippen molar-refractivity contribution in [3.05, 3.63) is 65.3 Å². The topological polar surface area (TPSA) is 95.5 Å². The Labute approximate surface area is 202 Å². The molecular formula is C25H26ClN5O3. The van der Waals surface area contributed by atoms with E-state index in [-0.39, 0.29) is 6.61 Å². The standard InChI is InChI=1S/C25H26ClN5O3/c26-21-15-27-25-23(22(21)28-19-3-1-2-17(14-19)16-32)29-24(30-25)18-4-6-20(7-5-18)34-13-10-31-8-11-33-12-9-31/h1-7,14-15,32H,8-13,16H2,(H2,27,28,29,30). The van der Waals surface area contributed by atoms with E-state index in [9.17, 15) is 5.11 Å². The van der Waals surface area contributed by atoms with Crippen LogP contribution in [-0.4, -0.2) is 64.4 Å². The molecule has 0 spiro atoms. The predicted octanol–water partition coefficient (Wildman–Crippen LogP) is 4.23. The van der Waals surface area contributed by atoms with Gasteiger partial charge in [0.2, 0.25) is 0 Å². The molecule has 5 rings (SSSR count). The van der Waals surface area contributed by atoms with Crippen molar-refractivity contribution in [2.45, 2.75) is 6.61 Å². The first-order chi connectivity index (χ1) is 16.7. The molecule has 3 N–H and O–H groups in total. The molecule has 2 aromatic carbocycles. The van der Waals surface area contributed by atoms with Gasteiger partial charge in [0.1, 0.15) is 23.7 Å². The van der Waals surface area contributed by atoms with Crippen LogP contribution in [0.5, 0.6) is 5.75 Å². The first kappa shape index (κ1) is 22.6. The Morgan fingerprint density at radius 2 is 1.97 bits per heavy atom. The van der Waals surface area contributed by atoms with Crippen LogP contribution < -0.4 is 10.1 Å². The number of fused-ring (bicyclic) bond motifs is 1. The summed E-state index contributed by atoms with van der Waals surface area (Å²) in [6, 6.07) is 15.4. The average Bonchev–Trinajstić information content (AvgIpc) is 3.32. The lowest BCUT2D eigenvalue weighted by atomic mass is 10.2. The summed E-state index contributed by atoms with van der Waals surface area (Å²) in [6.45, 7) is 4.98. The van der Waals surface area contributed by atoms with Crippen LogP contribution in [0.15, 0.2) is 54.7 Å². The number of benzene rings is 2. The van der Waals surface area contributed by atoms with E-state index in [0.29, 0.717) is 34.3 Å². The second-order valence-electron chi connectivity index (χ2n) is 8.07. The molecule has 1 saturated heterocycles. The Balaban J connectivity index is 1.31. The van der Waals surface area contributed by atoms with Crippen molar-refractivity contribution in [1.29, 1.82) is 0 Å². The molecule has 4 aromatic rings. The van der Waals surface area contributed by atoms with Gasteiger partial charge in [-0.05, 0) is 42.0 Å². The molecule has 0 amide bonds. The Kier molecular flexibility index (Phi) is 6.92. The van der Waals surface area contributed by atoms with E-state index < -0.39 is 0 Å². The SMILES string of the molecule is OCc1cccc(Nc2c(Cl)cnc3[nH]c(-c4ccc(OCCN5CCOCC5)cc4)nc23)c1. The number of aromatic amines is 1. The second-order valence-corrected chi connectivity index (χ2v) is 8.48. The van der Waals surface area contributed by atoms with Gasteiger partial charge >= 0.3 is 0 Å². The lowest BCUT2D eigenvalue weighted by molar-refractivity contribution is 0.0322. The van der Waals surface area contributed by atoms with E-state index in [4.69, 9.17) is 26.1 Å². The number of H-pyrrole nitrogens is 1. The van der Waals surface area contributed by atoms with Crippen LogP contribution in [0.2, 0.25) is 5.02 Å². The summed E-state index contributed by atoms with van der Waals surface area (Å²) in [5.41, 5.74) is 4.47. The zero-order valence-corrected chi connectivity index (χ0v) is 19.4. The number of halogens is 1. The van der Waals surface area contributed by atoms with Gasteiger partial charge in [-0.2, -0.15) is 0 Å². The number of aliphatic hydroxyl groups is 1. The summed E-state index contributed by atoms with van der Waals surface area (Å²) in [5, 5.41) is 13.2. The highest BCUT2D eigenvalue weighted by Gasteiger charge is 2.15. The largest absolute Gasteiger partial charge is 0.492 e. The molecule has 2 aromatic heterocycles. The van der Waals surface area contributed by atoms with Crippen molar-refractivity contribution < 1.29 is 14.6 Å². The number of ether oxygens (including phenoxy) is 2. The van der Waals surface area contributed by atoms with Gasteiger partial charge in [-0.15, -0.1) is 0 Å². The summed E-state index contributed by atoms with van der Waals surface area (Å²) in [4.78, 5) is 14.8. The normalized spacial score (nSPS) is 14.4. The number of nitrogens with zero attached hydrogens (tertiary/aromatic N) is 3. The van der Waals surface area contributed by atoms with Gasteiger partial charge in [-0.3, -0.25) is 4.90 Å². The lowest BCUT2D eigenvalue weighted by Gasteiger charge is -2.26. The number of aliphatic hydroxyl groups excluding tert-OH is 1. The summed E-state index contributed by atoms with van der Waals surface area (Å²) in [6.07, 6.45) is 1.59. The average molecular weight is 480 g/mol. The fraction of sp³-hybridized carbons (Fsp3) is 0.280. The third-order valence-corrected chi connectivity index (χ3v) is 6.04. The number of imidazole rings is 1. The van der Waals surface area contributed by atoms with Crippen LogP contribution in [0.4, 0.5) is 11.4 Å². The van der Waals surface area contributed by atoms with Crippen LogP contribution in [0.3, 0.4) is 0 Å². The first-order valence-electron chi connectivity index (χ1n) is 11.2. The van der Waals surface area contributed by atoms with E-state index in [1.54, 1.807) is 6.20 Å². The molecule has 1 fully saturated rings. The van der Waals surface area contributed by atoms with E-state index in [1.807, 2.05) is 48.5 Å². The van der Waals surface area contributed by atoms with E-state index in [2.05, 4.69) is 20.2 Å². The molecule has 1 aliphatic rings. The summed E-state index contributed by atoms with van der Waals surface area (Å²) in [7, 11) is 0. The molecule has 0 radical (unpaired) electrons. The van der Waals surface area contributed by atoms with Crippen molar-refractivity contribution >= 4 is 34.1 Å². The van der Waals surface area contributed by atoms with Crippen molar-refractivity contribution in [1.82, 2.24) is 19.9 Å². The highest BCUT2D eigenvalue weighted by molar-refractivity contribution is 6.34. The van der Waals surface area contributed by atoms with Crippen LogP contribution in [0.25, 0.3) is 22.6 Å². The molecule has 0 aliphatic carbocycles. The third-order valence-electron chi connectivity index (χ3n) is 5.75. The van der Waals surface area contributed by atoms with Gasteiger partial charge in [0, 0.05) is 30.9 Å². The van der Waals surface area contributed by atoms with Crippen LogP contribution >= 0.6 is 11.6 Å². The smallest absolute Gasteiger partial charge is 0.159 e. The Morgan fingerprint density at radius 1 is 1.15 bits per heavy atom. The third kappa shape index (κ3) is 5.15. The van der Waals surface area contributed by atoms with Crippen LogP contribution in [0, 0.1) is 0 Å². The number of anilines is 2. The zero-order chi connectivity index (χ0) is 23.3. The number of rotatable bonds is 8. The van der Waals surface area contributed by atoms with E-state index >= 15 is 0 Å². The monoisotopic (exact) mass is 479 g/mol. The molecule has 176 valence electrons.